The Bertz CT molecular complexity index is 280. The van der Waals surface area contributed by atoms with Crippen molar-refractivity contribution in [3.05, 3.63) is 0 Å². The summed E-state index contributed by atoms with van der Waals surface area (Å²) in [5, 5.41) is 24.8. The van der Waals surface area contributed by atoms with E-state index in [1.54, 1.807) is 6.92 Å². The molecule has 3 unspecified atom stereocenters. The number of aliphatic hydroxyl groups is 3. The number of aliphatic hydroxyl groups excluding tert-OH is 3. The molecule has 0 aliphatic heterocycles. The molecular weight excluding hydrogens is 496 g/mol. The van der Waals surface area contributed by atoms with Crippen LogP contribution in [0.2, 0.25) is 19.6 Å². The summed E-state index contributed by atoms with van der Waals surface area (Å²) in [5.74, 6) is 0. The second kappa shape index (κ2) is 33.0. The van der Waals surface area contributed by atoms with Crippen LogP contribution in [0.25, 0.3) is 0 Å². The first kappa shape index (κ1) is 42.0. The third-order valence-electron chi connectivity index (χ3n) is 2.68. The molecule has 0 aliphatic carbocycles. The van der Waals surface area contributed by atoms with Gasteiger partial charge >= 0.3 is 0 Å². The molecule has 0 spiro atoms. The van der Waals surface area contributed by atoms with Crippen LogP contribution in [0.4, 0.5) is 0 Å². The maximum atomic E-state index is 9.06. The van der Waals surface area contributed by atoms with E-state index in [0.29, 0.717) is 33.0 Å². The van der Waals surface area contributed by atoms with E-state index in [4.69, 9.17) is 34.3 Å². The Hall–Kier alpha value is 0.820. The van der Waals surface area contributed by atoms with Crippen molar-refractivity contribution >= 4 is 8.32 Å². The van der Waals surface area contributed by atoms with Crippen molar-refractivity contribution in [2.45, 2.75) is 105 Å². The van der Waals surface area contributed by atoms with E-state index in [9.17, 15) is 0 Å². The number of unbranched alkanes of at least 4 members (excludes halogenated alkanes) is 1. The normalized spacial score (nSPS) is 13.1. The van der Waals surface area contributed by atoms with E-state index in [0.717, 1.165) is 32.3 Å². The van der Waals surface area contributed by atoms with Gasteiger partial charge < -0.3 is 34.3 Å². The third-order valence-corrected chi connectivity index (χ3v) is 2.68. The molecule has 0 heterocycles. The fourth-order valence-corrected chi connectivity index (χ4v) is 1.20. The fraction of sp³-hybridized carbons (Fsp3) is 1.00. The summed E-state index contributed by atoms with van der Waals surface area (Å²) in [5.41, 5.74) is 0. The first-order valence-electron chi connectivity index (χ1n) is 11.3. The van der Waals surface area contributed by atoms with Gasteiger partial charge in [-0.25, -0.2) is 0 Å². The Morgan fingerprint density at radius 2 is 1.10 bits per heavy atom. The summed E-state index contributed by atoms with van der Waals surface area (Å²) < 4.78 is 16.4. The number of hydrogen-bond donors (Lipinski definition) is 4. The van der Waals surface area contributed by atoms with E-state index in [1.165, 1.54) is 0 Å². The van der Waals surface area contributed by atoms with Gasteiger partial charge in [-0.1, -0.05) is 27.2 Å². The fourth-order valence-electron chi connectivity index (χ4n) is 1.20. The van der Waals surface area contributed by atoms with E-state index < -0.39 is 14.4 Å². The minimum Gasteiger partial charge on any atom is -0.433 e. The average Bonchev–Trinajstić information content (AvgIpc) is 2.67. The zero-order valence-electron chi connectivity index (χ0n) is 21.8. The smallest absolute Gasteiger partial charge is 0.179 e. The van der Waals surface area contributed by atoms with Gasteiger partial charge in [-0.05, 0) is 59.7 Å². The number of hydrogen-bond acceptors (Lipinski definition) is 7. The van der Waals surface area contributed by atoms with Gasteiger partial charge in [0.05, 0.1) is 38.1 Å². The predicted octanol–water partition coefficient (Wildman–Crippen LogP) is 3.58. The van der Waals surface area contributed by atoms with E-state index in [-0.39, 0.29) is 38.4 Å². The summed E-state index contributed by atoms with van der Waals surface area (Å²) >= 11 is 0. The van der Waals surface area contributed by atoms with Crippen LogP contribution in [0.5, 0.6) is 0 Å². The largest absolute Gasteiger partial charge is 0.433 e. The topological polar surface area (TPSA) is 109 Å². The molecule has 0 fully saturated rings. The quantitative estimate of drug-likeness (QED) is 0.205. The Kier molecular flexibility index (Phi) is 44.7. The van der Waals surface area contributed by atoms with E-state index in [2.05, 4.69) is 6.92 Å². The first-order valence-corrected chi connectivity index (χ1v) is 14.8. The molecule has 9 heteroatoms. The molecule has 4 N–H and O–H groups in total. The monoisotopic (exact) mass is 548 g/mol. The molecule has 192 valence electrons. The van der Waals surface area contributed by atoms with Crippen molar-refractivity contribution < 1.29 is 60.5 Å². The molecule has 0 radical (unpaired) electrons. The van der Waals surface area contributed by atoms with Crippen molar-refractivity contribution in [3.63, 3.8) is 0 Å². The Morgan fingerprint density at radius 1 is 0.742 bits per heavy atom. The van der Waals surface area contributed by atoms with Crippen molar-refractivity contribution in [2.75, 3.05) is 39.6 Å². The molecular formula is C22H54O7SiZr. The third kappa shape index (κ3) is 72.3. The Labute approximate surface area is 213 Å². The molecule has 0 rings (SSSR count). The molecule has 0 saturated carbocycles. The molecule has 0 aromatic heterocycles. The summed E-state index contributed by atoms with van der Waals surface area (Å²) in [6, 6.07) is 0. The Morgan fingerprint density at radius 3 is 1.42 bits per heavy atom. The van der Waals surface area contributed by atoms with Crippen LogP contribution in [-0.2, 0) is 40.4 Å². The summed E-state index contributed by atoms with van der Waals surface area (Å²) in [6.07, 6.45) is 3.67. The van der Waals surface area contributed by atoms with Crippen molar-refractivity contribution in [1.29, 1.82) is 0 Å². The molecule has 0 amide bonds. The van der Waals surface area contributed by atoms with Crippen LogP contribution in [0, 0.1) is 0 Å². The predicted molar refractivity (Wildman–Crippen MR) is 129 cm³/mol. The van der Waals surface area contributed by atoms with E-state index in [1.807, 2.05) is 47.3 Å². The zero-order chi connectivity index (χ0) is 24.4. The maximum absolute atomic E-state index is 9.06. The van der Waals surface area contributed by atoms with Crippen LogP contribution in [0.15, 0.2) is 0 Å². The zero-order valence-corrected chi connectivity index (χ0v) is 25.3. The van der Waals surface area contributed by atoms with Gasteiger partial charge in [0.2, 0.25) is 0 Å². The average molecular weight is 550 g/mol. The summed E-state index contributed by atoms with van der Waals surface area (Å²) in [7, 11) is -1.61. The Balaban J connectivity index is -0.000000132. The molecule has 0 aliphatic rings. The SMILES string of the molecule is CCCCOCC(C)OCC(C)OCC(C)O.CCCO.CCCO.C[Si](C)(C)O.[Zr]. The molecule has 0 saturated heterocycles. The minimum absolute atomic E-state index is 0. The summed E-state index contributed by atoms with van der Waals surface area (Å²) in [4.78, 5) is 8.66. The summed E-state index contributed by atoms with van der Waals surface area (Å²) in [6.45, 7) is 20.2. The van der Waals surface area contributed by atoms with Crippen LogP contribution in [0.3, 0.4) is 0 Å². The van der Waals surface area contributed by atoms with Gasteiger partial charge in [0.1, 0.15) is 0 Å². The molecule has 7 nitrogen and oxygen atoms in total. The molecule has 31 heavy (non-hydrogen) atoms. The van der Waals surface area contributed by atoms with Crippen LogP contribution >= 0.6 is 0 Å². The van der Waals surface area contributed by atoms with Crippen molar-refractivity contribution in [3.8, 4) is 0 Å². The number of rotatable bonds is 13. The van der Waals surface area contributed by atoms with E-state index >= 15 is 0 Å². The van der Waals surface area contributed by atoms with Gasteiger partial charge in [0.25, 0.3) is 0 Å². The molecule has 0 bridgehead atoms. The van der Waals surface area contributed by atoms with Crippen LogP contribution < -0.4 is 0 Å². The van der Waals surface area contributed by atoms with Gasteiger partial charge in [-0.3, -0.25) is 0 Å². The second-order valence-corrected chi connectivity index (χ2v) is 12.5. The van der Waals surface area contributed by atoms with Gasteiger partial charge in [0.15, 0.2) is 8.32 Å². The maximum Gasteiger partial charge on any atom is 0.179 e. The van der Waals surface area contributed by atoms with Crippen molar-refractivity contribution in [1.82, 2.24) is 0 Å². The molecule has 3 atom stereocenters. The molecule has 0 aromatic rings. The second-order valence-electron chi connectivity index (χ2n) is 8.18. The van der Waals surface area contributed by atoms with Crippen LogP contribution in [-0.4, -0.2) is 86.4 Å². The molecule has 0 aromatic carbocycles. The van der Waals surface area contributed by atoms with Gasteiger partial charge in [-0.15, -0.1) is 0 Å². The number of ether oxygens (including phenoxy) is 3. The standard InChI is InChI=1S/C13H28O4.C3H10OSi.2C3H8O.Zr/c1-5-6-7-15-9-12(3)17-10-13(4)16-8-11(2)14;1-5(2,3)4;2*1-2-3-4;/h11-14H,5-10H2,1-4H3;4H,1-3H3;2*4H,2-3H2,1H3;. The minimum atomic E-state index is -1.61. The first-order chi connectivity index (χ1) is 13.9. The van der Waals surface area contributed by atoms with Crippen molar-refractivity contribution in [2.24, 2.45) is 0 Å². The van der Waals surface area contributed by atoms with Crippen LogP contribution in [0.1, 0.15) is 67.2 Å². The van der Waals surface area contributed by atoms with Gasteiger partial charge in [-0.2, -0.15) is 0 Å². The van der Waals surface area contributed by atoms with Gasteiger partial charge in [0, 0.05) is 46.0 Å².